The van der Waals surface area contributed by atoms with Gasteiger partial charge in [0.1, 0.15) is 17.5 Å². The second kappa shape index (κ2) is 6.37. The molecule has 0 saturated heterocycles. The summed E-state index contributed by atoms with van der Waals surface area (Å²) in [6.07, 6.45) is -2.29. The molecule has 0 unspecified atom stereocenters. The molecule has 3 aromatic heterocycles. The van der Waals surface area contributed by atoms with Gasteiger partial charge in [-0.25, -0.2) is 9.50 Å². The van der Waals surface area contributed by atoms with Crippen molar-refractivity contribution in [1.29, 1.82) is 0 Å². The number of imidazole rings is 1. The Morgan fingerprint density at radius 1 is 1.43 bits per heavy atom. The molecule has 10 heteroatoms. The van der Waals surface area contributed by atoms with Crippen molar-refractivity contribution in [3.8, 4) is 11.5 Å². The van der Waals surface area contributed by atoms with Crippen LogP contribution in [0.2, 0.25) is 0 Å². The first-order valence-corrected chi connectivity index (χ1v) is 8.48. The van der Waals surface area contributed by atoms with E-state index in [1.807, 2.05) is 0 Å². The average molecular weight is 389 g/mol. The minimum atomic E-state index is -4.53. The van der Waals surface area contributed by atoms with Crippen LogP contribution in [0.25, 0.3) is 21.8 Å². The molecule has 0 spiro atoms. The van der Waals surface area contributed by atoms with Gasteiger partial charge in [-0.3, -0.25) is 4.79 Å². The summed E-state index contributed by atoms with van der Waals surface area (Å²) in [6, 6.07) is 2.83. The molecule has 0 aliphatic heterocycles. The highest BCUT2D eigenvalue weighted by molar-refractivity contribution is 5.92. The minimum absolute atomic E-state index is 0.0793. The number of hydrogen-bond acceptors (Lipinski definition) is 4. The van der Waals surface area contributed by atoms with E-state index in [4.69, 9.17) is 11.0 Å². The van der Waals surface area contributed by atoms with Gasteiger partial charge < -0.3 is 9.73 Å². The molecular weight excluding hydrogens is 375 g/mol. The quantitative estimate of drug-likeness (QED) is 0.686. The predicted octanol–water partition coefficient (Wildman–Crippen LogP) is 3.92. The lowest BCUT2D eigenvalue weighted by molar-refractivity contribution is -0.158. The number of halogens is 3. The molecule has 1 fully saturated rings. The fraction of sp³-hybridized carbons (Fsp3) is 0.333. The molecule has 1 amide bonds. The number of rotatable bonds is 4. The highest BCUT2D eigenvalue weighted by atomic mass is 19.4. The van der Waals surface area contributed by atoms with Gasteiger partial charge in [-0.15, -0.1) is 0 Å². The summed E-state index contributed by atoms with van der Waals surface area (Å²) < 4.78 is 46.2. The third-order valence-electron chi connectivity index (χ3n) is 4.59. The topological polar surface area (TPSA) is 76.8 Å². The third-order valence-corrected chi connectivity index (χ3v) is 4.59. The van der Waals surface area contributed by atoms with E-state index in [2.05, 4.69) is 20.2 Å². The second-order valence-electron chi connectivity index (χ2n) is 6.67. The molecule has 1 atom stereocenters. The zero-order valence-electron chi connectivity index (χ0n) is 14.6. The number of hydrogen-bond donors (Lipinski definition) is 1. The Hall–Kier alpha value is -3.35. The van der Waals surface area contributed by atoms with Crippen LogP contribution < -0.4 is 5.32 Å². The van der Waals surface area contributed by atoms with Gasteiger partial charge in [0, 0.05) is 0 Å². The molecule has 1 aliphatic carbocycles. The standard InChI is InChI=1S/C18H14F3N5O2/c1-9-7-11(13-5-6-14(22-2)28-13)25-26-12(9)8-23-16(26)17(27)24-15(10-3-4-10)18(19,20)21/h5-8,10,15H,3-4H2,1H3,(H,24,27)/t15-/m0/s1. The molecule has 3 heterocycles. The molecule has 1 aliphatic rings. The summed E-state index contributed by atoms with van der Waals surface area (Å²) in [6.45, 7) is 8.72. The van der Waals surface area contributed by atoms with Gasteiger partial charge in [-0.2, -0.15) is 23.1 Å². The Labute approximate surface area is 157 Å². The van der Waals surface area contributed by atoms with Gasteiger partial charge in [-0.05, 0) is 49.4 Å². The second-order valence-corrected chi connectivity index (χ2v) is 6.67. The molecule has 7 nitrogen and oxygen atoms in total. The van der Waals surface area contributed by atoms with Crippen molar-refractivity contribution in [3.05, 3.63) is 47.2 Å². The molecular formula is C18H14F3N5O2. The zero-order chi connectivity index (χ0) is 20.1. The summed E-state index contributed by atoms with van der Waals surface area (Å²) in [7, 11) is 0. The van der Waals surface area contributed by atoms with Crippen LogP contribution >= 0.6 is 0 Å². The molecule has 1 saturated carbocycles. The molecule has 0 bridgehead atoms. The number of carbonyl (C=O) groups excluding carboxylic acids is 1. The van der Waals surface area contributed by atoms with Crippen molar-refractivity contribution in [3.63, 3.8) is 0 Å². The average Bonchev–Trinajstić information content (AvgIpc) is 3.18. The van der Waals surface area contributed by atoms with E-state index in [9.17, 15) is 18.0 Å². The van der Waals surface area contributed by atoms with Crippen LogP contribution in [0.15, 0.2) is 28.8 Å². The number of aryl methyl sites for hydroxylation is 1. The summed E-state index contributed by atoms with van der Waals surface area (Å²) in [5.74, 6) is -1.40. The van der Waals surface area contributed by atoms with Crippen LogP contribution in [0.3, 0.4) is 0 Å². The van der Waals surface area contributed by atoms with Crippen molar-refractivity contribution in [1.82, 2.24) is 19.9 Å². The van der Waals surface area contributed by atoms with Crippen molar-refractivity contribution in [2.75, 3.05) is 0 Å². The largest absolute Gasteiger partial charge is 0.478 e. The zero-order valence-corrected chi connectivity index (χ0v) is 14.6. The molecule has 0 radical (unpaired) electrons. The first-order chi connectivity index (χ1) is 13.3. The van der Waals surface area contributed by atoms with Crippen LogP contribution in [-0.4, -0.2) is 32.7 Å². The predicted molar refractivity (Wildman–Crippen MR) is 91.7 cm³/mol. The van der Waals surface area contributed by atoms with Crippen LogP contribution in [0, 0.1) is 19.4 Å². The van der Waals surface area contributed by atoms with Crippen molar-refractivity contribution in [2.45, 2.75) is 32.0 Å². The Bertz CT molecular complexity index is 1100. The number of aromatic nitrogens is 3. The number of furan rings is 1. The number of fused-ring (bicyclic) bond motifs is 1. The van der Waals surface area contributed by atoms with E-state index < -0.39 is 24.0 Å². The number of carbonyl (C=O) groups is 1. The molecule has 0 aromatic carbocycles. The smallest absolute Gasteiger partial charge is 0.408 e. The van der Waals surface area contributed by atoms with Crippen molar-refractivity contribution >= 4 is 17.3 Å². The Balaban J connectivity index is 1.71. The van der Waals surface area contributed by atoms with Gasteiger partial charge in [0.05, 0.1) is 18.3 Å². The summed E-state index contributed by atoms with van der Waals surface area (Å²) in [5.41, 5.74) is 1.52. The van der Waals surface area contributed by atoms with E-state index in [1.165, 1.54) is 16.8 Å². The maximum Gasteiger partial charge on any atom is 0.408 e. The Morgan fingerprint density at radius 2 is 2.18 bits per heavy atom. The van der Waals surface area contributed by atoms with E-state index in [0.29, 0.717) is 35.4 Å². The molecule has 4 rings (SSSR count). The first-order valence-electron chi connectivity index (χ1n) is 8.48. The van der Waals surface area contributed by atoms with Crippen LogP contribution in [-0.2, 0) is 0 Å². The monoisotopic (exact) mass is 389 g/mol. The number of nitrogens with one attached hydrogen (secondary N) is 1. The van der Waals surface area contributed by atoms with Gasteiger partial charge in [0.15, 0.2) is 0 Å². The third kappa shape index (κ3) is 3.19. The fourth-order valence-corrected chi connectivity index (χ4v) is 3.03. The van der Waals surface area contributed by atoms with Crippen molar-refractivity contribution in [2.24, 2.45) is 5.92 Å². The SMILES string of the molecule is [C-]#[N+]c1ccc(-c2cc(C)c3cnc(C(=O)N[C@@H](C4CC4)C(F)(F)F)n3n2)o1. The maximum absolute atomic E-state index is 13.2. The highest BCUT2D eigenvalue weighted by Gasteiger charge is 2.50. The van der Waals surface area contributed by atoms with Gasteiger partial charge in [0.2, 0.25) is 5.82 Å². The number of nitrogens with zero attached hydrogens (tertiary/aromatic N) is 4. The van der Waals surface area contributed by atoms with Crippen molar-refractivity contribution < 1.29 is 22.4 Å². The first kappa shape index (κ1) is 18.0. The molecule has 28 heavy (non-hydrogen) atoms. The number of amides is 1. The van der Waals surface area contributed by atoms with E-state index in [0.717, 1.165) is 0 Å². The van der Waals surface area contributed by atoms with Gasteiger partial charge >= 0.3 is 12.1 Å². The molecule has 1 N–H and O–H groups in total. The van der Waals surface area contributed by atoms with Crippen LogP contribution in [0.4, 0.5) is 19.1 Å². The van der Waals surface area contributed by atoms with Crippen LogP contribution in [0.5, 0.6) is 0 Å². The summed E-state index contributed by atoms with van der Waals surface area (Å²) in [4.78, 5) is 19.7. The van der Waals surface area contributed by atoms with E-state index >= 15 is 0 Å². The maximum atomic E-state index is 13.2. The Morgan fingerprint density at radius 3 is 2.79 bits per heavy atom. The Kier molecular flexibility index (Phi) is 4.10. The van der Waals surface area contributed by atoms with E-state index in [-0.39, 0.29) is 11.7 Å². The molecule has 3 aromatic rings. The normalized spacial score (nSPS) is 15.4. The van der Waals surface area contributed by atoms with Crippen LogP contribution in [0.1, 0.15) is 29.0 Å². The number of alkyl halides is 3. The van der Waals surface area contributed by atoms with E-state index in [1.54, 1.807) is 19.1 Å². The molecule has 144 valence electrons. The minimum Gasteiger partial charge on any atom is -0.478 e. The van der Waals surface area contributed by atoms with Gasteiger partial charge in [0.25, 0.3) is 5.91 Å². The lowest BCUT2D eigenvalue weighted by Gasteiger charge is -2.20. The lowest BCUT2D eigenvalue weighted by atomic mass is 10.2. The van der Waals surface area contributed by atoms with Gasteiger partial charge in [-0.1, -0.05) is 0 Å². The fourth-order valence-electron chi connectivity index (χ4n) is 3.03. The summed E-state index contributed by atoms with van der Waals surface area (Å²) in [5, 5.41) is 6.34. The highest BCUT2D eigenvalue weighted by Crippen LogP contribution is 2.40. The lowest BCUT2D eigenvalue weighted by Crippen LogP contribution is -2.47. The summed E-state index contributed by atoms with van der Waals surface area (Å²) >= 11 is 0.